The van der Waals surface area contributed by atoms with Gasteiger partial charge in [0.25, 0.3) is 0 Å². The van der Waals surface area contributed by atoms with Gasteiger partial charge < -0.3 is 9.88 Å². The molecule has 1 fully saturated rings. The van der Waals surface area contributed by atoms with Gasteiger partial charge in [-0.1, -0.05) is 30.3 Å². The quantitative estimate of drug-likeness (QED) is 0.794. The molecule has 0 bridgehead atoms. The number of carbonyl (C=O) groups is 1. The van der Waals surface area contributed by atoms with Gasteiger partial charge in [-0.3, -0.25) is 4.79 Å². The SMILES string of the molecule is O=C(NCCCCn1ccnc1)C1(c2ccccc2)CC1. The van der Waals surface area contributed by atoms with E-state index in [1.807, 2.05) is 30.7 Å². The van der Waals surface area contributed by atoms with Gasteiger partial charge in [0.2, 0.25) is 5.91 Å². The van der Waals surface area contributed by atoms with E-state index in [9.17, 15) is 4.79 Å². The number of amides is 1. The third-order valence-electron chi connectivity index (χ3n) is 4.20. The van der Waals surface area contributed by atoms with Gasteiger partial charge in [-0.05, 0) is 31.2 Å². The Bertz CT molecular complexity index is 573. The summed E-state index contributed by atoms with van der Waals surface area (Å²) >= 11 is 0. The van der Waals surface area contributed by atoms with Crippen LogP contribution in [0.4, 0.5) is 0 Å². The molecule has 1 aliphatic rings. The topological polar surface area (TPSA) is 46.9 Å². The van der Waals surface area contributed by atoms with Gasteiger partial charge in [0.15, 0.2) is 0 Å². The lowest BCUT2D eigenvalue weighted by atomic mass is 9.95. The molecular formula is C17H21N3O. The molecule has 1 aliphatic carbocycles. The van der Waals surface area contributed by atoms with Crippen LogP contribution in [0.25, 0.3) is 0 Å². The highest BCUT2D eigenvalue weighted by Crippen LogP contribution is 2.48. The van der Waals surface area contributed by atoms with E-state index in [-0.39, 0.29) is 11.3 Å². The lowest BCUT2D eigenvalue weighted by molar-refractivity contribution is -0.123. The van der Waals surface area contributed by atoms with Crippen LogP contribution in [0.5, 0.6) is 0 Å². The zero-order chi connectivity index (χ0) is 14.5. The number of nitrogens with one attached hydrogen (secondary N) is 1. The number of aryl methyl sites for hydroxylation is 1. The summed E-state index contributed by atoms with van der Waals surface area (Å²) in [6.45, 7) is 1.71. The molecule has 1 amide bonds. The summed E-state index contributed by atoms with van der Waals surface area (Å²) in [5, 5.41) is 3.10. The van der Waals surface area contributed by atoms with Crippen LogP contribution in [0.15, 0.2) is 49.1 Å². The molecule has 4 nitrogen and oxygen atoms in total. The molecule has 1 heterocycles. The first-order valence-electron chi connectivity index (χ1n) is 7.61. The molecule has 0 aliphatic heterocycles. The number of imidazole rings is 1. The van der Waals surface area contributed by atoms with E-state index in [4.69, 9.17) is 0 Å². The molecule has 1 N–H and O–H groups in total. The van der Waals surface area contributed by atoms with Crippen molar-refractivity contribution in [3.05, 3.63) is 54.6 Å². The minimum atomic E-state index is -0.244. The summed E-state index contributed by atoms with van der Waals surface area (Å²) in [5.74, 6) is 0.191. The summed E-state index contributed by atoms with van der Waals surface area (Å²) in [7, 11) is 0. The molecule has 2 aromatic rings. The third-order valence-corrected chi connectivity index (χ3v) is 4.20. The van der Waals surface area contributed by atoms with Crippen molar-refractivity contribution in [1.29, 1.82) is 0 Å². The molecule has 21 heavy (non-hydrogen) atoms. The van der Waals surface area contributed by atoms with Crippen LogP contribution in [0, 0.1) is 0 Å². The molecule has 1 aromatic heterocycles. The molecule has 0 unspecified atom stereocenters. The number of nitrogens with zero attached hydrogens (tertiary/aromatic N) is 2. The zero-order valence-corrected chi connectivity index (χ0v) is 12.2. The van der Waals surface area contributed by atoms with Crippen LogP contribution in [0.2, 0.25) is 0 Å². The van der Waals surface area contributed by atoms with Crippen LogP contribution < -0.4 is 5.32 Å². The number of benzene rings is 1. The smallest absolute Gasteiger partial charge is 0.230 e. The Morgan fingerprint density at radius 3 is 2.71 bits per heavy atom. The predicted octanol–water partition coefficient (Wildman–Crippen LogP) is 2.51. The lowest BCUT2D eigenvalue weighted by Gasteiger charge is -2.15. The van der Waals surface area contributed by atoms with Gasteiger partial charge in [0, 0.05) is 25.5 Å². The van der Waals surface area contributed by atoms with E-state index in [1.165, 1.54) is 0 Å². The number of rotatable bonds is 7. The molecule has 4 heteroatoms. The van der Waals surface area contributed by atoms with Crippen molar-refractivity contribution in [3.63, 3.8) is 0 Å². The maximum Gasteiger partial charge on any atom is 0.230 e. The fraction of sp³-hybridized carbons (Fsp3) is 0.412. The average molecular weight is 283 g/mol. The molecule has 0 radical (unpaired) electrons. The summed E-state index contributed by atoms with van der Waals surface area (Å²) in [5.41, 5.74) is 0.909. The standard InChI is InChI=1S/C17H21N3O/c21-16(17(8-9-17)15-6-2-1-3-7-15)19-10-4-5-12-20-13-11-18-14-20/h1-3,6-7,11,13-14H,4-5,8-10,12H2,(H,19,21). The Balaban J connectivity index is 1.42. The highest BCUT2D eigenvalue weighted by atomic mass is 16.2. The third kappa shape index (κ3) is 3.15. The molecular weight excluding hydrogens is 262 g/mol. The van der Waals surface area contributed by atoms with E-state index in [1.54, 1.807) is 6.20 Å². The molecule has 0 atom stereocenters. The maximum absolute atomic E-state index is 12.4. The summed E-state index contributed by atoms with van der Waals surface area (Å²) in [6.07, 6.45) is 9.57. The number of aromatic nitrogens is 2. The monoisotopic (exact) mass is 283 g/mol. The summed E-state index contributed by atoms with van der Waals surface area (Å²) in [4.78, 5) is 16.4. The van der Waals surface area contributed by atoms with Gasteiger partial charge in [0.1, 0.15) is 0 Å². The van der Waals surface area contributed by atoms with Gasteiger partial charge in [-0.2, -0.15) is 0 Å². The Hall–Kier alpha value is -2.10. The highest BCUT2D eigenvalue weighted by Gasteiger charge is 2.50. The molecule has 1 aromatic carbocycles. The normalized spacial score (nSPS) is 15.6. The van der Waals surface area contributed by atoms with Crippen molar-refractivity contribution in [1.82, 2.24) is 14.9 Å². The minimum Gasteiger partial charge on any atom is -0.355 e. The Labute approximate surface area is 125 Å². The molecule has 0 spiro atoms. The minimum absolute atomic E-state index is 0.191. The van der Waals surface area contributed by atoms with Crippen molar-refractivity contribution < 1.29 is 4.79 Å². The molecule has 0 saturated heterocycles. The van der Waals surface area contributed by atoms with Gasteiger partial charge in [-0.15, -0.1) is 0 Å². The number of unbranched alkanes of at least 4 members (excludes halogenated alkanes) is 1. The first kappa shape index (κ1) is 13.9. The second kappa shape index (κ2) is 6.12. The first-order chi connectivity index (χ1) is 10.3. The highest BCUT2D eigenvalue weighted by molar-refractivity contribution is 5.91. The van der Waals surface area contributed by atoms with Crippen molar-refractivity contribution >= 4 is 5.91 Å². The van der Waals surface area contributed by atoms with E-state index in [0.29, 0.717) is 0 Å². The van der Waals surface area contributed by atoms with Crippen LogP contribution in [0.1, 0.15) is 31.2 Å². The fourth-order valence-corrected chi connectivity index (χ4v) is 2.74. The number of hydrogen-bond donors (Lipinski definition) is 1. The molecule has 3 rings (SSSR count). The van der Waals surface area contributed by atoms with Crippen molar-refractivity contribution in [3.8, 4) is 0 Å². The maximum atomic E-state index is 12.4. The lowest BCUT2D eigenvalue weighted by Crippen LogP contribution is -2.35. The van der Waals surface area contributed by atoms with Crippen LogP contribution in [-0.4, -0.2) is 22.0 Å². The molecule has 1 saturated carbocycles. The van der Waals surface area contributed by atoms with E-state index >= 15 is 0 Å². The Morgan fingerprint density at radius 2 is 2.05 bits per heavy atom. The number of carbonyl (C=O) groups excluding carboxylic acids is 1. The average Bonchev–Trinajstić information content (AvgIpc) is 3.18. The van der Waals surface area contributed by atoms with Crippen LogP contribution in [-0.2, 0) is 16.8 Å². The summed E-state index contributed by atoms with van der Waals surface area (Å²) in [6, 6.07) is 10.1. The van der Waals surface area contributed by atoms with Gasteiger partial charge >= 0.3 is 0 Å². The van der Waals surface area contributed by atoms with Gasteiger partial charge in [-0.25, -0.2) is 4.98 Å². The van der Waals surface area contributed by atoms with Gasteiger partial charge in [0.05, 0.1) is 11.7 Å². The summed E-state index contributed by atoms with van der Waals surface area (Å²) < 4.78 is 2.06. The van der Waals surface area contributed by atoms with Crippen LogP contribution in [0.3, 0.4) is 0 Å². The van der Waals surface area contributed by atoms with Crippen LogP contribution >= 0.6 is 0 Å². The fourth-order valence-electron chi connectivity index (χ4n) is 2.74. The number of hydrogen-bond acceptors (Lipinski definition) is 2. The second-order valence-corrected chi connectivity index (χ2v) is 5.71. The first-order valence-corrected chi connectivity index (χ1v) is 7.61. The van der Waals surface area contributed by atoms with E-state index < -0.39 is 0 Å². The second-order valence-electron chi connectivity index (χ2n) is 5.71. The molecule has 110 valence electrons. The predicted molar refractivity (Wildman–Crippen MR) is 81.8 cm³/mol. The van der Waals surface area contributed by atoms with Crippen molar-refractivity contribution in [2.75, 3.05) is 6.54 Å². The van der Waals surface area contributed by atoms with E-state index in [0.717, 1.165) is 44.3 Å². The Morgan fingerprint density at radius 1 is 1.24 bits per heavy atom. The largest absolute Gasteiger partial charge is 0.355 e. The zero-order valence-electron chi connectivity index (χ0n) is 12.2. The van der Waals surface area contributed by atoms with Crippen molar-refractivity contribution in [2.24, 2.45) is 0 Å². The Kier molecular flexibility index (Phi) is 4.04. The van der Waals surface area contributed by atoms with E-state index in [2.05, 4.69) is 27.0 Å². The van der Waals surface area contributed by atoms with Crippen molar-refractivity contribution in [2.45, 2.75) is 37.6 Å².